The van der Waals surface area contributed by atoms with Gasteiger partial charge in [0.2, 0.25) is 0 Å². The molecule has 1 atom stereocenters. The lowest BCUT2D eigenvalue weighted by atomic mass is 10.1. The first-order valence-electron chi connectivity index (χ1n) is 7.20. The summed E-state index contributed by atoms with van der Waals surface area (Å²) in [5.41, 5.74) is -1.98. The van der Waals surface area contributed by atoms with Crippen LogP contribution in [-0.4, -0.2) is 22.9 Å². The van der Waals surface area contributed by atoms with Crippen molar-refractivity contribution < 1.29 is 27.5 Å². The second-order valence-corrected chi connectivity index (χ2v) is 6.18. The van der Waals surface area contributed by atoms with Crippen molar-refractivity contribution in [2.24, 2.45) is 0 Å². The fourth-order valence-corrected chi connectivity index (χ4v) is 2.86. The van der Waals surface area contributed by atoms with Gasteiger partial charge in [-0.2, -0.15) is 18.4 Å². The molecule has 136 valence electrons. The number of nitrogens with zero attached hydrogens (tertiary/aromatic N) is 1. The first-order valence-corrected chi connectivity index (χ1v) is 8.18. The van der Waals surface area contributed by atoms with Crippen molar-refractivity contribution in [1.29, 1.82) is 5.26 Å². The van der Waals surface area contributed by atoms with Crippen molar-refractivity contribution in [2.45, 2.75) is 17.2 Å². The van der Waals surface area contributed by atoms with Crippen molar-refractivity contribution in [3.8, 4) is 6.07 Å². The highest BCUT2D eigenvalue weighted by Crippen LogP contribution is 2.33. The molecule has 0 aliphatic heterocycles. The van der Waals surface area contributed by atoms with Gasteiger partial charge in [-0.1, -0.05) is 12.1 Å². The summed E-state index contributed by atoms with van der Waals surface area (Å²) in [6.07, 6.45) is -6.32. The molecule has 9 heteroatoms. The lowest BCUT2D eigenvalue weighted by Crippen LogP contribution is -2.29. The van der Waals surface area contributed by atoms with Crippen LogP contribution in [0.5, 0.6) is 0 Å². The van der Waals surface area contributed by atoms with Gasteiger partial charge in [0.25, 0.3) is 5.91 Å². The predicted octanol–water partition coefficient (Wildman–Crippen LogP) is 3.81. The monoisotopic (exact) mass is 384 g/mol. The number of rotatable bonds is 5. The van der Waals surface area contributed by atoms with E-state index in [1.54, 1.807) is 6.07 Å². The lowest BCUT2D eigenvalue weighted by Gasteiger charge is -2.14. The average Bonchev–Trinajstić information content (AvgIpc) is 2.60. The Morgan fingerprint density at radius 2 is 1.96 bits per heavy atom. The predicted molar refractivity (Wildman–Crippen MR) is 87.9 cm³/mol. The number of aliphatic hydroxyl groups excluding tert-OH is 1. The normalized spacial score (nSPS) is 12.3. The third kappa shape index (κ3) is 4.97. The number of nitriles is 1. The van der Waals surface area contributed by atoms with Gasteiger partial charge in [0.05, 0.1) is 17.2 Å². The minimum atomic E-state index is -4.76. The second-order valence-electron chi connectivity index (χ2n) is 5.12. The summed E-state index contributed by atoms with van der Waals surface area (Å²) in [6.45, 7) is 0. The number of nitrogens with one attached hydrogen (secondary N) is 1. The third-order valence-electron chi connectivity index (χ3n) is 3.25. The van der Waals surface area contributed by atoms with Crippen LogP contribution in [0.4, 0.5) is 23.2 Å². The van der Waals surface area contributed by atoms with Gasteiger partial charge in [0.1, 0.15) is 11.9 Å². The van der Waals surface area contributed by atoms with E-state index in [2.05, 4.69) is 5.32 Å². The third-order valence-corrected chi connectivity index (χ3v) is 4.37. The molecule has 0 spiro atoms. The van der Waals surface area contributed by atoms with Crippen molar-refractivity contribution in [1.82, 2.24) is 0 Å². The molecular formula is C17H12F4N2O2S. The summed E-state index contributed by atoms with van der Waals surface area (Å²) in [7, 11) is 0. The Kier molecular flexibility index (Phi) is 6.23. The number of amides is 1. The van der Waals surface area contributed by atoms with Crippen LogP contribution in [0.1, 0.15) is 11.1 Å². The van der Waals surface area contributed by atoms with Crippen molar-refractivity contribution >= 4 is 23.4 Å². The van der Waals surface area contributed by atoms with E-state index in [0.717, 1.165) is 23.9 Å². The van der Waals surface area contributed by atoms with Gasteiger partial charge < -0.3 is 10.4 Å². The maximum Gasteiger partial charge on any atom is 0.417 e. The highest BCUT2D eigenvalue weighted by molar-refractivity contribution is 7.99. The number of hydrogen-bond acceptors (Lipinski definition) is 4. The molecule has 0 saturated heterocycles. The molecule has 0 fully saturated rings. The van der Waals surface area contributed by atoms with Gasteiger partial charge in [-0.25, -0.2) is 4.39 Å². The van der Waals surface area contributed by atoms with Gasteiger partial charge >= 0.3 is 6.18 Å². The van der Waals surface area contributed by atoms with Crippen molar-refractivity contribution in [3.05, 3.63) is 59.4 Å². The van der Waals surface area contributed by atoms with E-state index < -0.39 is 35.1 Å². The molecule has 2 aromatic carbocycles. The Labute approximate surface area is 150 Å². The van der Waals surface area contributed by atoms with Crippen LogP contribution in [-0.2, 0) is 11.0 Å². The van der Waals surface area contributed by atoms with Gasteiger partial charge in [0.15, 0.2) is 0 Å². The van der Waals surface area contributed by atoms with Crippen LogP contribution in [0.2, 0.25) is 0 Å². The summed E-state index contributed by atoms with van der Waals surface area (Å²) in [5.74, 6) is -1.63. The smallest absolute Gasteiger partial charge is 0.382 e. The summed E-state index contributed by atoms with van der Waals surface area (Å²) in [4.78, 5) is 12.2. The van der Waals surface area contributed by atoms with Crippen LogP contribution < -0.4 is 5.32 Å². The molecule has 0 bridgehead atoms. The SMILES string of the molecule is N#Cc1ccc(NC(=O)[C@H](O)CSc2ccccc2F)cc1C(F)(F)F. The fourth-order valence-electron chi connectivity index (χ4n) is 1.99. The van der Waals surface area contributed by atoms with E-state index in [0.29, 0.717) is 6.07 Å². The zero-order valence-corrected chi connectivity index (χ0v) is 13.9. The number of anilines is 1. The number of carbonyl (C=O) groups excluding carboxylic acids is 1. The van der Waals surface area contributed by atoms with Crippen molar-refractivity contribution in [3.63, 3.8) is 0 Å². The van der Waals surface area contributed by atoms with E-state index >= 15 is 0 Å². The largest absolute Gasteiger partial charge is 0.417 e. The zero-order valence-electron chi connectivity index (χ0n) is 13.0. The maximum atomic E-state index is 13.5. The standard InChI is InChI=1S/C17H12F4N2O2S/c18-13-3-1-2-4-15(13)26-9-14(24)16(25)23-11-6-5-10(8-22)12(7-11)17(19,20)21/h1-7,14,24H,9H2,(H,23,25)/t14-/m1/s1. The molecule has 0 unspecified atom stereocenters. The van der Waals surface area contributed by atoms with Crippen LogP contribution >= 0.6 is 11.8 Å². The van der Waals surface area contributed by atoms with Crippen LogP contribution in [0.3, 0.4) is 0 Å². The Balaban J connectivity index is 2.05. The lowest BCUT2D eigenvalue weighted by molar-refractivity contribution is -0.137. The number of hydrogen-bond donors (Lipinski definition) is 2. The quantitative estimate of drug-likeness (QED) is 0.607. The zero-order chi connectivity index (χ0) is 19.3. The maximum absolute atomic E-state index is 13.5. The summed E-state index contributed by atoms with van der Waals surface area (Å²) >= 11 is 0.899. The molecule has 2 rings (SSSR count). The molecule has 26 heavy (non-hydrogen) atoms. The van der Waals surface area contributed by atoms with Crippen LogP contribution in [0, 0.1) is 17.1 Å². The van der Waals surface area contributed by atoms with Gasteiger partial charge in [-0.05, 0) is 30.3 Å². The van der Waals surface area contributed by atoms with Crippen molar-refractivity contribution in [2.75, 3.05) is 11.1 Å². The number of benzene rings is 2. The Bertz CT molecular complexity index is 849. The van der Waals surface area contributed by atoms with Gasteiger partial charge in [0, 0.05) is 16.3 Å². The fraction of sp³-hybridized carbons (Fsp3) is 0.176. The van der Waals surface area contributed by atoms with E-state index in [-0.39, 0.29) is 16.3 Å². The Morgan fingerprint density at radius 3 is 2.58 bits per heavy atom. The molecule has 0 heterocycles. The molecule has 4 nitrogen and oxygen atoms in total. The molecule has 0 aliphatic carbocycles. The molecule has 2 N–H and O–H groups in total. The molecular weight excluding hydrogens is 372 g/mol. The van der Waals surface area contributed by atoms with Gasteiger partial charge in [-0.15, -0.1) is 11.8 Å². The van der Waals surface area contributed by atoms with E-state index in [4.69, 9.17) is 5.26 Å². The second kappa shape index (κ2) is 8.21. The molecule has 0 saturated carbocycles. The Morgan fingerprint density at radius 1 is 1.27 bits per heavy atom. The first-order chi connectivity index (χ1) is 12.2. The van der Waals surface area contributed by atoms with E-state index in [1.807, 2.05) is 0 Å². The number of aliphatic hydroxyl groups is 1. The minimum absolute atomic E-state index is 0.185. The first kappa shape index (κ1) is 19.8. The Hall–Kier alpha value is -2.57. The minimum Gasteiger partial charge on any atom is -0.382 e. The van der Waals surface area contributed by atoms with Gasteiger partial charge in [-0.3, -0.25) is 4.79 Å². The number of halogens is 4. The molecule has 0 aliphatic rings. The van der Waals surface area contributed by atoms with Crippen LogP contribution in [0.15, 0.2) is 47.4 Å². The number of alkyl halides is 3. The summed E-state index contributed by atoms with van der Waals surface area (Å²) in [5, 5.41) is 20.7. The van der Waals surface area contributed by atoms with Crippen LogP contribution in [0.25, 0.3) is 0 Å². The average molecular weight is 384 g/mol. The van der Waals surface area contributed by atoms with E-state index in [9.17, 15) is 27.5 Å². The van der Waals surface area contributed by atoms with E-state index in [1.165, 1.54) is 24.3 Å². The molecule has 0 radical (unpaired) electrons. The number of thioether (sulfide) groups is 1. The molecule has 1 amide bonds. The summed E-state index contributed by atoms with van der Waals surface area (Å²) < 4.78 is 52.2. The topological polar surface area (TPSA) is 73.1 Å². The highest BCUT2D eigenvalue weighted by Gasteiger charge is 2.34. The molecule has 2 aromatic rings. The highest BCUT2D eigenvalue weighted by atomic mass is 32.2. The number of carbonyl (C=O) groups is 1. The summed E-state index contributed by atoms with van der Waals surface area (Å²) in [6, 6.07) is 9.89. The molecule has 0 aromatic heterocycles.